The average Bonchev–Trinajstić information content (AvgIpc) is 2.89. The Hall–Kier alpha value is -2.40. The van der Waals surface area contributed by atoms with Crippen molar-refractivity contribution in [3.8, 4) is 11.8 Å². The quantitative estimate of drug-likeness (QED) is 0.259. The maximum Gasteiger partial charge on any atom is 0.160 e. The highest BCUT2D eigenvalue weighted by Crippen LogP contribution is 2.15. The minimum atomic E-state index is -0.116. The number of ketones is 1. The van der Waals surface area contributed by atoms with E-state index >= 15 is 0 Å². The first-order valence-corrected chi connectivity index (χ1v) is 14.9. The van der Waals surface area contributed by atoms with Gasteiger partial charge in [-0.3, -0.25) is 4.79 Å². The smallest absolute Gasteiger partial charge is 0.160 e. The molecule has 2 rings (SSSR count). The normalized spacial score (nSPS) is 9.97. The highest BCUT2D eigenvalue weighted by Gasteiger charge is 2.06. The van der Waals surface area contributed by atoms with Crippen molar-refractivity contribution < 1.29 is 9.18 Å². The molecule has 0 heterocycles. The van der Waals surface area contributed by atoms with Gasteiger partial charge in [0.25, 0.3) is 0 Å². The van der Waals surface area contributed by atoms with Gasteiger partial charge in [0, 0.05) is 17.5 Å². The Morgan fingerprint density at radius 1 is 0.895 bits per heavy atom. The molecule has 0 bridgehead atoms. The van der Waals surface area contributed by atoms with Gasteiger partial charge in [-0.1, -0.05) is 119 Å². The largest absolute Gasteiger partial charge is 0.295 e. The number of aryl methyl sites for hydroxylation is 3. The maximum atomic E-state index is 12.6. The van der Waals surface area contributed by atoms with E-state index in [1.54, 1.807) is 19.9 Å². The lowest BCUT2D eigenvalue weighted by Gasteiger charge is -2.06. The highest BCUT2D eigenvalue weighted by atomic mass is 19.1. The third kappa shape index (κ3) is 20.6. The van der Waals surface area contributed by atoms with Crippen LogP contribution in [0.25, 0.3) is 0 Å². The second kappa shape index (κ2) is 26.2. The predicted molar refractivity (Wildman–Crippen MR) is 170 cm³/mol. The fraction of sp³-hybridized carbons (Fsp3) is 0.583. The third-order valence-electron chi connectivity index (χ3n) is 5.55. The summed E-state index contributed by atoms with van der Waals surface area (Å²) in [4.78, 5) is 11.5. The van der Waals surface area contributed by atoms with Crippen LogP contribution in [0.15, 0.2) is 36.4 Å². The van der Waals surface area contributed by atoms with Gasteiger partial charge in [-0.25, -0.2) is 4.39 Å². The van der Waals surface area contributed by atoms with Crippen molar-refractivity contribution >= 4 is 5.78 Å². The van der Waals surface area contributed by atoms with Crippen molar-refractivity contribution in [2.75, 3.05) is 0 Å². The highest BCUT2D eigenvalue weighted by molar-refractivity contribution is 5.95. The minimum Gasteiger partial charge on any atom is -0.295 e. The summed E-state index contributed by atoms with van der Waals surface area (Å²) in [6.45, 7) is 26.5. The van der Waals surface area contributed by atoms with Crippen molar-refractivity contribution in [3.63, 3.8) is 0 Å². The van der Waals surface area contributed by atoms with E-state index < -0.39 is 0 Å². The number of carbonyl (C=O) groups excluding carboxylic acids is 1. The summed E-state index contributed by atoms with van der Waals surface area (Å²) in [6.07, 6.45) is 6.98. The standard InChI is InChI=1S/C17H22O.C8H9F.C7H16.2C2H6/c1-5-7-16-12-15(9-6-8-13(2)3)10-11-17(16)14(4)18;1-6-3-4-7(2)8(9)5-6;1-4-6-7(3)5-2;2*1-2/h10-13H,5,7-8H2,1-4H3;3-5H,1-2H3;7H,4-6H2,1-3H3;2*1-2H3. The van der Waals surface area contributed by atoms with Crippen LogP contribution in [-0.2, 0) is 6.42 Å². The minimum absolute atomic E-state index is 0.116. The fourth-order valence-corrected chi connectivity index (χ4v) is 3.24. The van der Waals surface area contributed by atoms with E-state index in [9.17, 15) is 9.18 Å². The van der Waals surface area contributed by atoms with Gasteiger partial charge in [0.2, 0.25) is 0 Å². The number of rotatable bonds is 7. The Morgan fingerprint density at radius 3 is 1.89 bits per heavy atom. The molecular weight excluding hydrogens is 467 g/mol. The number of hydrogen-bond acceptors (Lipinski definition) is 1. The molecule has 0 aromatic heterocycles. The molecule has 1 nitrogen and oxygen atoms in total. The molecule has 1 atom stereocenters. The van der Waals surface area contributed by atoms with Gasteiger partial charge in [0.15, 0.2) is 5.78 Å². The first kappa shape index (κ1) is 40.1. The lowest BCUT2D eigenvalue weighted by Crippen LogP contribution is -2.00. The molecule has 0 saturated carbocycles. The van der Waals surface area contributed by atoms with Crippen LogP contribution < -0.4 is 0 Å². The Morgan fingerprint density at radius 2 is 1.50 bits per heavy atom. The number of halogens is 1. The van der Waals surface area contributed by atoms with Gasteiger partial charge >= 0.3 is 0 Å². The van der Waals surface area contributed by atoms with E-state index in [4.69, 9.17) is 0 Å². The van der Waals surface area contributed by atoms with Gasteiger partial charge in [0.1, 0.15) is 5.82 Å². The lowest BCUT2D eigenvalue weighted by atomic mass is 9.98. The van der Waals surface area contributed by atoms with E-state index in [1.807, 2.05) is 52.8 Å². The van der Waals surface area contributed by atoms with E-state index in [0.29, 0.717) is 11.5 Å². The van der Waals surface area contributed by atoms with Crippen LogP contribution in [-0.4, -0.2) is 5.78 Å². The van der Waals surface area contributed by atoms with Crippen LogP contribution >= 0.6 is 0 Å². The van der Waals surface area contributed by atoms with Crippen molar-refractivity contribution in [3.05, 3.63) is 70.0 Å². The predicted octanol–water partition coefficient (Wildman–Crippen LogP) is 11.6. The Balaban J connectivity index is -0.000000511. The van der Waals surface area contributed by atoms with Crippen LogP contribution in [0, 0.1) is 43.3 Å². The van der Waals surface area contributed by atoms with Gasteiger partial charge in [-0.05, 0) is 80.0 Å². The van der Waals surface area contributed by atoms with Crippen LogP contribution in [0.2, 0.25) is 0 Å². The van der Waals surface area contributed by atoms with Gasteiger partial charge in [-0.15, -0.1) is 0 Å². The van der Waals surface area contributed by atoms with Crippen molar-refractivity contribution in [1.82, 2.24) is 0 Å². The summed E-state index contributed by atoms with van der Waals surface area (Å²) in [5.41, 5.74) is 4.66. The SMILES string of the molecule is CC.CC.CCCC(C)CC.CCCc1cc(C#CCC(C)C)ccc1C(C)=O.Cc1ccc(C)c(F)c1. The first-order valence-electron chi connectivity index (χ1n) is 14.9. The number of hydrogen-bond donors (Lipinski definition) is 0. The van der Waals surface area contributed by atoms with E-state index in [1.165, 1.54) is 25.3 Å². The van der Waals surface area contributed by atoms with Gasteiger partial charge < -0.3 is 0 Å². The Labute approximate surface area is 237 Å². The van der Waals surface area contributed by atoms with E-state index in [-0.39, 0.29) is 11.6 Å². The number of benzene rings is 2. The van der Waals surface area contributed by atoms with Gasteiger partial charge in [-0.2, -0.15) is 0 Å². The van der Waals surface area contributed by atoms with E-state index in [0.717, 1.165) is 47.4 Å². The van der Waals surface area contributed by atoms with Crippen LogP contribution in [0.4, 0.5) is 4.39 Å². The molecule has 2 aromatic rings. The number of carbonyl (C=O) groups is 1. The molecule has 0 saturated heterocycles. The molecule has 0 aliphatic rings. The zero-order valence-electron chi connectivity index (χ0n) is 27.1. The van der Waals surface area contributed by atoms with Crippen LogP contribution in [0.3, 0.4) is 0 Å². The Bertz CT molecular complexity index is 915. The van der Waals surface area contributed by atoms with Crippen LogP contribution in [0.1, 0.15) is 141 Å². The lowest BCUT2D eigenvalue weighted by molar-refractivity contribution is 0.101. The molecule has 0 aliphatic carbocycles. The molecule has 216 valence electrons. The Kier molecular flexibility index (Phi) is 27.7. The summed E-state index contributed by atoms with van der Waals surface area (Å²) < 4.78 is 12.6. The first-order chi connectivity index (χ1) is 18.0. The maximum absolute atomic E-state index is 12.6. The molecule has 0 radical (unpaired) electrons. The van der Waals surface area contributed by atoms with Crippen molar-refractivity contribution in [2.45, 2.75) is 129 Å². The van der Waals surface area contributed by atoms with Crippen molar-refractivity contribution in [1.29, 1.82) is 0 Å². The summed E-state index contributed by atoms with van der Waals surface area (Å²) in [7, 11) is 0. The molecule has 0 N–H and O–H groups in total. The monoisotopic (exact) mass is 526 g/mol. The fourth-order valence-electron chi connectivity index (χ4n) is 3.24. The molecular formula is C36H59FO. The average molecular weight is 527 g/mol. The molecule has 1 unspecified atom stereocenters. The molecule has 0 amide bonds. The molecule has 2 aromatic carbocycles. The molecule has 0 aliphatic heterocycles. The molecule has 0 spiro atoms. The van der Waals surface area contributed by atoms with Gasteiger partial charge in [0.05, 0.1) is 0 Å². The second-order valence-electron chi connectivity index (χ2n) is 9.63. The summed E-state index contributed by atoms with van der Waals surface area (Å²) in [5, 5.41) is 0. The summed E-state index contributed by atoms with van der Waals surface area (Å²) in [6, 6.07) is 11.1. The zero-order valence-corrected chi connectivity index (χ0v) is 27.1. The summed E-state index contributed by atoms with van der Waals surface area (Å²) in [5.74, 6) is 7.94. The van der Waals surface area contributed by atoms with Crippen molar-refractivity contribution in [2.24, 2.45) is 11.8 Å². The molecule has 2 heteroatoms. The van der Waals surface area contributed by atoms with Crippen LogP contribution in [0.5, 0.6) is 0 Å². The molecule has 38 heavy (non-hydrogen) atoms. The summed E-state index contributed by atoms with van der Waals surface area (Å²) >= 11 is 0. The second-order valence-corrected chi connectivity index (χ2v) is 9.63. The topological polar surface area (TPSA) is 17.1 Å². The number of Topliss-reactive ketones (excluding diaryl/α,β-unsaturated/α-hetero) is 1. The van der Waals surface area contributed by atoms with E-state index in [2.05, 4.69) is 59.4 Å². The molecule has 0 fully saturated rings. The third-order valence-corrected chi connectivity index (χ3v) is 5.55. The zero-order chi connectivity index (χ0) is 30.1.